The van der Waals surface area contributed by atoms with Gasteiger partial charge in [0.1, 0.15) is 6.20 Å². The van der Waals surface area contributed by atoms with Crippen LogP contribution < -0.4 is 0 Å². The van der Waals surface area contributed by atoms with Crippen LogP contribution in [-0.4, -0.2) is 82.5 Å². The first-order chi connectivity index (χ1) is 16.9. The highest BCUT2D eigenvalue weighted by atomic mass is 16.4. The topological polar surface area (TPSA) is 107 Å². The molecule has 0 aliphatic carbocycles. The number of rotatable bonds is 20. The summed E-state index contributed by atoms with van der Waals surface area (Å²) in [5.41, 5.74) is 0. The number of likely N-dealkylation sites (N-methyl/N-ethyl adjacent to an activating group) is 1. The summed E-state index contributed by atoms with van der Waals surface area (Å²) in [6.45, 7) is 3.94. The number of amidine groups is 1. The Kier molecular flexibility index (Phi) is 18.4. The zero-order valence-corrected chi connectivity index (χ0v) is 23.8. The quantitative estimate of drug-likeness (QED) is 0.142. The number of quaternary nitrogens is 2. The molecule has 0 radical (unpaired) electrons. The van der Waals surface area contributed by atoms with Crippen LogP contribution in [0, 0.1) is 0 Å². The van der Waals surface area contributed by atoms with E-state index in [1.165, 1.54) is 77.0 Å². The lowest BCUT2D eigenvalue weighted by Crippen LogP contribution is -2.55. The van der Waals surface area contributed by atoms with Gasteiger partial charge in [-0.1, -0.05) is 90.4 Å². The van der Waals surface area contributed by atoms with Crippen molar-refractivity contribution < 1.29 is 33.9 Å². The summed E-state index contributed by atoms with van der Waals surface area (Å²) in [6.07, 6.45) is 21.8. The fourth-order valence-corrected chi connectivity index (χ4v) is 4.43. The lowest BCUT2D eigenvalue weighted by Gasteiger charge is -2.33. The number of unbranched alkanes of at least 4 members (excludes halogenated alkanes) is 13. The SMILES string of the molecule is CCCCCCCCCCCCCCCCC1=NC=C[N+]1(CC(=O)O)C(C)O.C[N+](C)(C)CC(=O)O. The van der Waals surface area contributed by atoms with E-state index in [9.17, 15) is 19.8 Å². The molecule has 0 bridgehead atoms. The predicted octanol–water partition coefficient (Wildman–Crippen LogP) is 5.76. The Bertz CT molecular complexity index is 671. The Morgan fingerprint density at radius 1 is 0.833 bits per heavy atom. The van der Waals surface area contributed by atoms with Gasteiger partial charge in [0.05, 0.1) is 27.3 Å². The summed E-state index contributed by atoms with van der Waals surface area (Å²) in [5.74, 6) is -0.894. The molecule has 0 aromatic carbocycles. The molecule has 0 fully saturated rings. The van der Waals surface area contributed by atoms with Crippen LogP contribution in [0.25, 0.3) is 0 Å². The van der Waals surface area contributed by atoms with Gasteiger partial charge in [-0.2, -0.15) is 0 Å². The second-order valence-corrected chi connectivity index (χ2v) is 11.1. The molecule has 8 nitrogen and oxygen atoms in total. The Labute approximate surface area is 219 Å². The number of aliphatic carboxylic acids is 2. The van der Waals surface area contributed by atoms with Gasteiger partial charge in [-0.25, -0.2) is 19.1 Å². The number of aliphatic hydroxyl groups is 1. The first kappa shape index (κ1) is 34.2. The van der Waals surface area contributed by atoms with E-state index in [0.29, 0.717) is 4.48 Å². The van der Waals surface area contributed by atoms with E-state index < -0.39 is 18.2 Å². The van der Waals surface area contributed by atoms with Crippen molar-refractivity contribution in [3.63, 3.8) is 0 Å². The van der Waals surface area contributed by atoms with Crippen LogP contribution in [-0.2, 0) is 9.59 Å². The molecule has 1 heterocycles. The van der Waals surface area contributed by atoms with Gasteiger partial charge < -0.3 is 19.8 Å². The van der Waals surface area contributed by atoms with Gasteiger partial charge in [-0.15, -0.1) is 0 Å². The molecule has 0 aromatic rings. The minimum absolute atomic E-state index is 0.0478. The molecule has 0 saturated carbocycles. The van der Waals surface area contributed by atoms with Crippen LogP contribution in [0.4, 0.5) is 0 Å². The summed E-state index contributed by atoms with van der Waals surface area (Å²) in [5, 5.41) is 27.5. The molecule has 1 aliphatic rings. The van der Waals surface area contributed by atoms with E-state index in [-0.39, 0.29) is 17.6 Å². The van der Waals surface area contributed by atoms with Crippen molar-refractivity contribution in [1.82, 2.24) is 0 Å². The largest absolute Gasteiger partial charge is 0.477 e. The number of carbonyl (C=O) groups is 2. The standard InChI is InChI=1S/C23H42N2O3.C5H11NO2/c1-3-4-5-6-7-8-9-10-11-12-13-14-15-16-17-22-24-18-19-25(22,21(2)26)20-23(27)28;1-6(2,3)4-5(7)8/h18-19,21,26H,3-17,20H2,1-2H3;4H2,1-3H3/p+2. The van der Waals surface area contributed by atoms with Crippen LogP contribution in [0.2, 0.25) is 0 Å². The van der Waals surface area contributed by atoms with E-state index in [0.717, 1.165) is 25.1 Å². The number of nitrogens with zero attached hydrogens (tertiary/aromatic N) is 3. The zero-order valence-electron chi connectivity index (χ0n) is 23.8. The monoisotopic (exact) mass is 513 g/mol. The number of hydrogen-bond donors (Lipinski definition) is 3. The summed E-state index contributed by atoms with van der Waals surface area (Å²) >= 11 is 0. The van der Waals surface area contributed by atoms with Gasteiger partial charge in [-0.3, -0.25) is 0 Å². The average Bonchev–Trinajstić information content (AvgIpc) is 3.15. The zero-order chi connectivity index (χ0) is 27.5. The molecule has 8 heteroatoms. The second kappa shape index (κ2) is 19.4. The molecule has 3 N–H and O–H groups in total. The molecule has 1 rings (SSSR count). The normalized spacial score (nSPS) is 17.9. The van der Waals surface area contributed by atoms with Crippen LogP contribution in [0.3, 0.4) is 0 Å². The first-order valence-electron chi connectivity index (χ1n) is 14.0. The van der Waals surface area contributed by atoms with E-state index in [1.807, 2.05) is 21.1 Å². The maximum absolute atomic E-state index is 11.2. The van der Waals surface area contributed by atoms with Crippen LogP contribution >= 0.6 is 0 Å². The molecular formula is C28H55N3O5+2. The van der Waals surface area contributed by atoms with Crippen LogP contribution in [0.5, 0.6) is 0 Å². The predicted molar refractivity (Wildman–Crippen MR) is 146 cm³/mol. The van der Waals surface area contributed by atoms with Crippen molar-refractivity contribution in [2.75, 3.05) is 34.2 Å². The Hall–Kier alpha value is -1.77. The second-order valence-electron chi connectivity index (χ2n) is 11.1. The minimum atomic E-state index is -0.916. The first-order valence-corrected chi connectivity index (χ1v) is 14.0. The van der Waals surface area contributed by atoms with Crippen LogP contribution in [0.15, 0.2) is 17.4 Å². The molecular weight excluding hydrogens is 458 g/mol. The smallest absolute Gasteiger partial charge is 0.360 e. The molecule has 2 unspecified atom stereocenters. The summed E-state index contributed by atoms with van der Waals surface area (Å²) in [6, 6.07) is 0. The van der Waals surface area contributed by atoms with E-state index in [1.54, 1.807) is 19.3 Å². The average molecular weight is 514 g/mol. The van der Waals surface area contributed by atoms with Crippen LogP contribution in [0.1, 0.15) is 110 Å². The highest BCUT2D eigenvalue weighted by Crippen LogP contribution is 2.24. The molecule has 210 valence electrons. The van der Waals surface area contributed by atoms with Gasteiger partial charge in [0.25, 0.3) is 0 Å². The summed E-state index contributed by atoms with van der Waals surface area (Å²) in [4.78, 5) is 25.5. The summed E-state index contributed by atoms with van der Waals surface area (Å²) < 4.78 is 0.434. The molecule has 0 spiro atoms. The third-order valence-electron chi connectivity index (χ3n) is 6.46. The third-order valence-corrected chi connectivity index (χ3v) is 6.46. The summed E-state index contributed by atoms with van der Waals surface area (Å²) in [7, 11) is 5.52. The van der Waals surface area contributed by atoms with Gasteiger partial charge in [0.15, 0.2) is 19.3 Å². The number of carboxylic acids is 2. The maximum Gasteiger partial charge on any atom is 0.360 e. The third kappa shape index (κ3) is 16.8. The number of aliphatic imine (C=N–C) groups is 1. The van der Waals surface area contributed by atoms with Crippen molar-refractivity contribution in [2.24, 2.45) is 4.99 Å². The van der Waals surface area contributed by atoms with Gasteiger partial charge in [0, 0.05) is 13.3 Å². The Morgan fingerprint density at radius 3 is 1.61 bits per heavy atom. The molecule has 0 saturated heterocycles. The molecule has 36 heavy (non-hydrogen) atoms. The van der Waals surface area contributed by atoms with E-state index in [2.05, 4.69) is 11.9 Å². The van der Waals surface area contributed by atoms with Gasteiger partial charge in [0.2, 0.25) is 5.84 Å². The molecule has 0 amide bonds. The molecule has 0 aromatic heterocycles. The van der Waals surface area contributed by atoms with E-state index >= 15 is 0 Å². The van der Waals surface area contributed by atoms with Crippen molar-refractivity contribution >= 4 is 17.8 Å². The Morgan fingerprint density at radius 2 is 1.28 bits per heavy atom. The maximum atomic E-state index is 11.2. The minimum Gasteiger partial charge on any atom is -0.477 e. The lowest BCUT2D eigenvalue weighted by molar-refractivity contribution is -0.862. The number of carboxylic acid groups (broad SMARTS) is 2. The molecule has 1 aliphatic heterocycles. The highest BCUT2D eigenvalue weighted by Gasteiger charge is 2.41. The van der Waals surface area contributed by atoms with Crippen molar-refractivity contribution in [2.45, 2.75) is 116 Å². The fraction of sp³-hybridized carbons (Fsp3) is 0.821. The van der Waals surface area contributed by atoms with Crippen molar-refractivity contribution in [3.05, 3.63) is 12.4 Å². The van der Waals surface area contributed by atoms with Gasteiger partial charge in [-0.05, 0) is 6.42 Å². The Balaban J connectivity index is 0.00000131. The number of hydrogen-bond acceptors (Lipinski definition) is 4. The van der Waals surface area contributed by atoms with Gasteiger partial charge >= 0.3 is 11.9 Å². The highest BCUT2D eigenvalue weighted by molar-refractivity contribution is 5.81. The van der Waals surface area contributed by atoms with Crippen molar-refractivity contribution in [1.29, 1.82) is 0 Å². The fourth-order valence-electron chi connectivity index (χ4n) is 4.43. The van der Waals surface area contributed by atoms with Crippen molar-refractivity contribution in [3.8, 4) is 0 Å². The molecule has 2 atom stereocenters. The number of aliphatic hydroxyl groups excluding tert-OH is 1. The lowest BCUT2D eigenvalue weighted by atomic mass is 10.0. The van der Waals surface area contributed by atoms with E-state index in [4.69, 9.17) is 5.11 Å².